The molecule has 4 rings (SSSR count). The Morgan fingerprint density at radius 2 is 1.58 bits per heavy atom. The maximum absolute atomic E-state index is 3.64. The molecule has 0 aliphatic carbocycles. The summed E-state index contributed by atoms with van der Waals surface area (Å²) >= 11 is 0. The van der Waals surface area contributed by atoms with E-state index in [1.165, 1.54) is 32.9 Å². The number of H-pyrrole nitrogens is 1. The van der Waals surface area contributed by atoms with Crippen LogP contribution in [-0.4, -0.2) is 4.98 Å². The fraction of sp³-hybridized carbons (Fsp3) is 0.143. The SMILES string of the molecule is CC(NCc1cc2ccccc2[nH]1)c1cccc2ccccc12.Cl. The third-order valence-corrected chi connectivity index (χ3v) is 4.47. The molecule has 0 radical (unpaired) electrons. The molecular weight excluding hydrogens is 316 g/mol. The van der Waals surface area contributed by atoms with Gasteiger partial charge in [0.05, 0.1) is 0 Å². The first-order valence-electron chi connectivity index (χ1n) is 8.09. The molecule has 0 saturated carbocycles. The van der Waals surface area contributed by atoms with Crippen LogP contribution in [0.2, 0.25) is 0 Å². The highest BCUT2D eigenvalue weighted by Crippen LogP contribution is 2.24. The second-order valence-electron chi connectivity index (χ2n) is 6.05. The monoisotopic (exact) mass is 336 g/mol. The Labute approximate surface area is 148 Å². The van der Waals surface area contributed by atoms with Gasteiger partial charge in [0.15, 0.2) is 0 Å². The van der Waals surface area contributed by atoms with Gasteiger partial charge in [-0.25, -0.2) is 0 Å². The van der Waals surface area contributed by atoms with Crippen LogP contribution in [0.1, 0.15) is 24.2 Å². The molecule has 3 heteroatoms. The number of hydrogen-bond acceptors (Lipinski definition) is 1. The average molecular weight is 337 g/mol. The van der Waals surface area contributed by atoms with Gasteiger partial charge < -0.3 is 10.3 Å². The van der Waals surface area contributed by atoms with Crippen LogP contribution in [0.5, 0.6) is 0 Å². The molecule has 1 heterocycles. The van der Waals surface area contributed by atoms with E-state index in [-0.39, 0.29) is 12.4 Å². The van der Waals surface area contributed by atoms with Crippen LogP contribution in [0.25, 0.3) is 21.7 Å². The lowest BCUT2D eigenvalue weighted by atomic mass is 10.00. The molecule has 0 saturated heterocycles. The summed E-state index contributed by atoms with van der Waals surface area (Å²) < 4.78 is 0. The highest BCUT2D eigenvalue weighted by Gasteiger charge is 2.09. The van der Waals surface area contributed by atoms with Gasteiger partial charge in [0.1, 0.15) is 0 Å². The largest absolute Gasteiger partial charge is 0.357 e. The molecule has 1 aromatic heterocycles. The Kier molecular flexibility index (Phi) is 4.89. The van der Waals surface area contributed by atoms with Gasteiger partial charge in [0.25, 0.3) is 0 Å². The molecule has 0 amide bonds. The second-order valence-corrected chi connectivity index (χ2v) is 6.05. The number of fused-ring (bicyclic) bond motifs is 2. The van der Waals surface area contributed by atoms with Crippen molar-refractivity contribution in [3.05, 3.63) is 84.1 Å². The predicted molar refractivity (Wildman–Crippen MR) is 105 cm³/mol. The quantitative estimate of drug-likeness (QED) is 0.499. The molecule has 3 aromatic carbocycles. The summed E-state index contributed by atoms with van der Waals surface area (Å²) in [6.45, 7) is 3.06. The number of hydrogen-bond donors (Lipinski definition) is 2. The molecule has 0 bridgehead atoms. The third kappa shape index (κ3) is 3.16. The Hall–Kier alpha value is -2.29. The van der Waals surface area contributed by atoms with Gasteiger partial charge in [0, 0.05) is 23.8 Å². The van der Waals surface area contributed by atoms with Crippen molar-refractivity contribution in [2.24, 2.45) is 0 Å². The van der Waals surface area contributed by atoms with Crippen molar-refractivity contribution in [2.45, 2.75) is 19.5 Å². The Morgan fingerprint density at radius 1 is 0.875 bits per heavy atom. The summed E-state index contributed by atoms with van der Waals surface area (Å²) in [5.74, 6) is 0. The fourth-order valence-corrected chi connectivity index (χ4v) is 3.23. The van der Waals surface area contributed by atoms with E-state index in [9.17, 15) is 0 Å². The van der Waals surface area contributed by atoms with Crippen molar-refractivity contribution in [1.82, 2.24) is 10.3 Å². The molecule has 2 nitrogen and oxygen atoms in total. The molecule has 1 atom stereocenters. The van der Waals surface area contributed by atoms with E-state index in [0.29, 0.717) is 6.04 Å². The summed E-state index contributed by atoms with van der Waals surface area (Å²) in [5.41, 5.74) is 3.76. The van der Waals surface area contributed by atoms with Gasteiger partial charge in [-0.05, 0) is 40.8 Å². The number of halogens is 1. The molecule has 0 aliphatic heterocycles. The smallest absolute Gasteiger partial charge is 0.0456 e. The van der Waals surface area contributed by atoms with Crippen LogP contribution in [0, 0.1) is 0 Å². The van der Waals surface area contributed by atoms with Gasteiger partial charge in [-0.2, -0.15) is 0 Å². The van der Waals surface area contributed by atoms with Crippen LogP contribution in [0.3, 0.4) is 0 Å². The molecule has 122 valence electrons. The average Bonchev–Trinajstić information content (AvgIpc) is 3.02. The topological polar surface area (TPSA) is 27.8 Å². The minimum absolute atomic E-state index is 0. The number of aromatic amines is 1. The minimum Gasteiger partial charge on any atom is -0.357 e. The normalized spacial score (nSPS) is 12.2. The molecule has 24 heavy (non-hydrogen) atoms. The molecule has 2 N–H and O–H groups in total. The number of aromatic nitrogens is 1. The van der Waals surface area contributed by atoms with Crippen molar-refractivity contribution >= 4 is 34.1 Å². The second kappa shape index (κ2) is 7.08. The van der Waals surface area contributed by atoms with E-state index in [0.717, 1.165) is 6.54 Å². The van der Waals surface area contributed by atoms with E-state index in [1.807, 2.05) is 0 Å². The van der Waals surface area contributed by atoms with Gasteiger partial charge in [-0.15, -0.1) is 12.4 Å². The van der Waals surface area contributed by atoms with Crippen LogP contribution >= 0.6 is 12.4 Å². The maximum Gasteiger partial charge on any atom is 0.0456 e. The molecular formula is C21H21ClN2. The Morgan fingerprint density at radius 3 is 2.42 bits per heavy atom. The van der Waals surface area contributed by atoms with Crippen molar-refractivity contribution in [2.75, 3.05) is 0 Å². The summed E-state index contributed by atoms with van der Waals surface area (Å²) in [5, 5.41) is 7.52. The predicted octanol–water partition coefficient (Wildman–Crippen LogP) is 5.59. The van der Waals surface area contributed by atoms with E-state index in [4.69, 9.17) is 0 Å². The molecule has 0 spiro atoms. The Balaban J connectivity index is 0.00000169. The third-order valence-electron chi connectivity index (χ3n) is 4.47. The van der Waals surface area contributed by atoms with Crippen molar-refractivity contribution in [3.63, 3.8) is 0 Å². The Bertz CT molecular complexity index is 920. The first-order valence-corrected chi connectivity index (χ1v) is 8.09. The van der Waals surface area contributed by atoms with E-state index < -0.39 is 0 Å². The fourth-order valence-electron chi connectivity index (χ4n) is 3.23. The summed E-state index contributed by atoms with van der Waals surface area (Å²) in [6.07, 6.45) is 0. The van der Waals surface area contributed by atoms with E-state index >= 15 is 0 Å². The van der Waals surface area contributed by atoms with Crippen LogP contribution in [0.15, 0.2) is 72.8 Å². The zero-order valence-electron chi connectivity index (χ0n) is 13.6. The van der Waals surface area contributed by atoms with Crippen molar-refractivity contribution < 1.29 is 0 Å². The number of para-hydroxylation sites is 1. The molecule has 4 aromatic rings. The van der Waals surface area contributed by atoms with Crippen molar-refractivity contribution in [1.29, 1.82) is 0 Å². The van der Waals surface area contributed by atoms with E-state index in [1.54, 1.807) is 0 Å². The first-order chi connectivity index (χ1) is 11.3. The van der Waals surface area contributed by atoms with Gasteiger partial charge in [-0.3, -0.25) is 0 Å². The van der Waals surface area contributed by atoms with Crippen LogP contribution in [-0.2, 0) is 6.54 Å². The lowest BCUT2D eigenvalue weighted by Crippen LogP contribution is -2.18. The molecule has 0 aliphatic rings. The van der Waals surface area contributed by atoms with Crippen LogP contribution in [0.4, 0.5) is 0 Å². The maximum atomic E-state index is 3.64. The van der Waals surface area contributed by atoms with Crippen molar-refractivity contribution in [3.8, 4) is 0 Å². The first kappa shape index (κ1) is 16.6. The molecule has 1 unspecified atom stereocenters. The van der Waals surface area contributed by atoms with Crippen LogP contribution < -0.4 is 5.32 Å². The zero-order valence-corrected chi connectivity index (χ0v) is 14.4. The number of benzene rings is 3. The lowest BCUT2D eigenvalue weighted by molar-refractivity contribution is 0.573. The lowest BCUT2D eigenvalue weighted by Gasteiger charge is -2.16. The van der Waals surface area contributed by atoms with E-state index in [2.05, 4.69) is 90.0 Å². The minimum atomic E-state index is 0. The summed E-state index contributed by atoms with van der Waals surface area (Å²) in [7, 11) is 0. The number of rotatable bonds is 4. The zero-order chi connectivity index (χ0) is 15.6. The number of nitrogens with one attached hydrogen (secondary N) is 2. The summed E-state index contributed by atoms with van der Waals surface area (Å²) in [4.78, 5) is 3.48. The van der Waals surface area contributed by atoms with Gasteiger partial charge in [-0.1, -0.05) is 60.7 Å². The highest BCUT2D eigenvalue weighted by molar-refractivity contribution is 5.86. The van der Waals surface area contributed by atoms with Gasteiger partial charge in [0.2, 0.25) is 0 Å². The highest BCUT2D eigenvalue weighted by atomic mass is 35.5. The van der Waals surface area contributed by atoms with Gasteiger partial charge >= 0.3 is 0 Å². The summed E-state index contributed by atoms with van der Waals surface area (Å²) in [6, 6.07) is 26.0. The molecule has 0 fully saturated rings. The standard InChI is InChI=1S/C21H20N2.ClH/c1-15(19-11-6-9-16-7-2-4-10-20(16)19)22-14-18-13-17-8-3-5-12-21(17)23-18;/h2-13,15,22-23H,14H2,1H3;1H.